The van der Waals surface area contributed by atoms with Crippen molar-refractivity contribution in [2.24, 2.45) is 5.10 Å². The van der Waals surface area contributed by atoms with Crippen LogP contribution < -0.4 is 20.5 Å². The maximum Gasteiger partial charge on any atom is 0.271 e. The average molecular weight is 351 g/mol. The largest absolute Gasteiger partial charge is 0.493 e. The van der Waals surface area contributed by atoms with Gasteiger partial charge in [0.1, 0.15) is 0 Å². The van der Waals surface area contributed by atoms with Crippen LogP contribution in [0.1, 0.15) is 15.9 Å². The standard InChI is InChI=1S/C19H17N3O4/c1-25-16-8-7-13(10-17(16)26-2)19(24)22-20-11-14-9-12-5-3-4-6-15(12)21-18(14)23/h3-11H,1-2H3,(H,21,23)(H,22,24). The van der Waals surface area contributed by atoms with E-state index in [1.807, 2.05) is 24.3 Å². The molecular formula is C19H17N3O4. The number of rotatable bonds is 5. The number of hydrazone groups is 1. The van der Waals surface area contributed by atoms with E-state index in [0.29, 0.717) is 22.6 Å². The Morgan fingerprint density at radius 1 is 1.08 bits per heavy atom. The molecule has 0 atom stereocenters. The van der Waals surface area contributed by atoms with Gasteiger partial charge in [-0.15, -0.1) is 0 Å². The molecular weight excluding hydrogens is 334 g/mol. The Kier molecular flexibility index (Phi) is 4.98. The molecule has 1 aromatic heterocycles. The van der Waals surface area contributed by atoms with Gasteiger partial charge in [-0.05, 0) is 35.7 Å². The fraction of sp³-hybridized carbons (Fsp3) is 0.105. The van der Waals surface area contributed by atoms with Gasteiger partial charge in [0.05, 0.1) is 26.0 Å². The highest BCUT2D eigenvalue weighted by Crippen LogP contribution is 2.27. The summed E-state index contributed by atoms with van der Waals surface area (Å²) >= 11 is 0. The molecule has 0 saturated carbocycles. The van der Waals surface area contributed by atoms with E-state index in [1.54, 1.807) is 24.3 Å². The number of fused-ring (bicyclic) bond motifs is 1. The Bertz CT molecular complexity index is 1040. The highest BCUT2D eigenvalue weighted by molar-refractivity contribution is 5.95. The summed E-state index contributed by atoms with van der Waals surface area (Å²) in [6.07, 6.45) is 1.31. The minimum absolute atomic E-state index is 0.284. The second-order valence-electron chi connectivity index (χ2n) is 5.41. The molecule has 2 aromatic carbocycles. The van der Waals surface area contributed by atoms with E-state index in [1.165, 1.54) is 20.4 Å². The van der Waals surface area contributed by atoms with Crippen LogP contribution in [0.5, 0.6) is 11.5 Å². The topological polar surface area (TPSA) is 92.8 Å². The van der Waals surface area contributed by atoms with Crippen molar-refractivity contribution in [3.8, 4) is 11.5 Å². The monoisotopic (exact) mass is 351 g/mol. The Morgan fingerprint density at radius 3 is 2.62 bits per heavy atom. The smallest absolute Gasteiger partial charge is 0.271 e. The zero-order valence-electron chi connectivity index (χ0n) is 14.3. The van der Waals surface area contributed by atoms with Gasteiger partial charge in [0, 0.05) is 11.1 Å². The number of carbonyl (C=O) groups is 1. The van der Waals surface area contributed by atoms with Crippen LogP contribution in [0.15, 0.2) is 58.4 Å². The summed E-state index contributed by atoms with van der Waals surface area (Å²) < 4.78 is 10.3. The molecule has 0 radical (unpaired) electrons. The molecule has 2 N–H and O–H groups in total. The van der Waals surface area contributed by atoms with Crippen LogP contribution in [0.4, 0.5) is 0 Å². The normalized spacial score (nSPS) is 10.8. The van der Waals surface area contributed by atoms with Gasteiger partial charge in [-0.25, -0.2) is 5.43 Å². The molecule has 1 amide bonds. The lowest BCUT2D eigenvalue weighted by Crippen LogP contribution is -2.19. The number of methoxy groups -OCH3 is 2. The first-order chi connectivity index (χ1) is 12.6. The molecule has 0 spiro atoms. The molecule has 0 fully saturated rings. The highest BCUT2D eigenvalue weighted by Gasteiger charge is 2.10. The second kappa shape index (κ2) is 7.52. The van der Waals surface area contributed by atoms with E-state index in [4.69, 9.17) is 9.47 Å². The van der Waals surface area contributed by atoms with E-state index in [0.717, 1.165) is 10.9 Å². The maximum atomic E-state index is 12.2. The zero-order chi connectivity index (χ0) is 18.5. The third-order valence-corrected chi connectivity index (χ3v) is 3.80. The predicted octanol–water partition coefficient (Wildman–Crippen LogP) is 2.31. The quantitative estimate of drug-likeness (QED) is 0.545. The highest BCUT2D eigenvalue weighted by atomic mass is 16.5. The number of para-hydroxylation sites is 1. The van der Waals surface area contributed by atoms with E-state index in [-0.39, 0.29) is 5.56 Å². The number of hydrogen-bond donors (Lipinski definition) is 2. The molecule has 0 unspecified atom stereocenters. The summed E-state index contributed by atoms with van der Waals surface area (Å²) in [6.45, 7) is 0. The number of carbonyl (C=O) groups excluding carboxylic acids is 1. The number of H-pyrrole nitrogens is 1. The van der Waals surface area contributed by atoms with Crippen molar-refractivity contribution in [2.45, 2.75) is 0 Å². The van der Waals surface area contributed by atoms with Crippen molar-refractivity contribution in [3.05, 3.63) is 70.0 Å². The molecule has 0 aliphatic rings. The molecule has 0 bridgehead atoms. The van der Waals surface area contributed by atoms with Crippen LogP contribution in [0.25, 0.3) is 10.9 Å². The van der Waals surface area contributed by atoms with Crippen LogP contribution in [-0.2, 0) is 0 Å². The van der Waals surface area contributed by atoms with Crippen LogP contribution >= 0.6 is 0 Å². The fourth-order valence-electron chi connectivity index (χ4n) is 2.46. The molecule has 0 aliphatic heterocycles. The number of nitrogens with zero attached hydrogens (tertiary/aromatic N) is 1. The van der Waals surface area contributed by atoms with Crippen molar-refractivity contribution in [1.29, 1.82) is 0 Å². The van der Waals surface area contributed by atoms with E-state index in [9.17, 15) is 9.59 Å². The number of benzene rings is 2. The third-order valence-electron chi connectivity index (χ3n) is 3.80. The molecule has 132 valence electrons. The number of nitrogens with one attached hydrogen (secondary N) is 2. The Morgan fingerprint density at radius 2 is 1.85 bits per heavy atom. The summed E-state index contributed by atoms with van der Waals surface area (Å²) in [5.74, 6) is 0.532. The number of ether oxygens (including phenoxy) is 2. The molecule has 0 aliphatic carbocycles. The first kappa shape index (κ1) is 17.2. The predicted molar refractivity (Wildman–Crippen MR) is 99.2 cm³/mol. The molecule has 7 nitrogen and oxygen atoms in total. The van der Waals surface area contributed by atoms with Crippen molar-refractivity contribution < 1.29 is 14.3 Å². The van der Waals surface area contributed by atoms with Gasteiger partial charge in [0.15, 0.2) is 11.5 Å². The van der Waals surface area contributed by atoms with Crippen LogP contribution in [0.3, 0.4) is 0 Å². The zero-order valence-corrected chi connectivity index (χ0v) is 14.3. The second-order valence-corrected chi connectivity index (χ2v) is 5.41. The van der Waals surface area contributed by atoms with Gasteiger partial charge in [0.25, 0.3) is 11.5 Å². The third kappa shape index (κ3) is 3.56. The Balaban J connectivity index is 1.77. The maximum absolute atomic E-state index is 12.2. The summed E-state index contributed by atoms with van der Waals surface area (Å²) in [5, 5.41) is 4.74. The number of hydrogen-bond acceptors (Lipinski definition) is 5. The van der Waals surface area contributed by atoms with Crippen LogP contribution in [0, 0.1) is 0 Å². The van der Waals surface area contributed by atoms with Crippen LogP contribution in [-0.4, -0.2) is 31.3 Å². The fourth-order valence-corrected chi connectivity index (χ4v) is 2.46. The molecule has 7 heteroatoms. The lowest BCUT2D eigenvalue weighted by Gasteiger charge is -2.08. The summed E-state index contributed by atoms with van der Waals surface area (Å²) in [7, 11) is 3.01. The summed E-state index contributed by atoms with van der Waals surface area (Å²) in [5.41, 5.74) is 3.55. The van der Waals surface area contributed by atoms with Crippen molar-refractivity contribution in [1.82, 2.24) is 10.4 Å². The van der Waals surface area contributed by atoms with Crippen molar-refractivity contribution in [3.63, 3.8) is 0 Å². The molecule has 1 heterocycles. The number of amides is 1. The number of aromatic nitrogens is 1. The molecule has 26 heavy (non-hydrogen) atoms. The minimum atomic E-state index is -0.431. The van der Waals surface area contributed by atoms with Gasteiger partial charge in [-0.2, -0.15) is 5.10 Å². The lowest BCUT2D eigenvalue weighted by atomic mass is 10.2. The van der Waals surface area contributed by atoms with Gasteiger partial charge >= 0.3 is 0 Å². The van der Waals surface area contributed by atoms with E-state index < -0.39 is 5.91 Å². The van der Waals surface area contributed by atoms with Crippen molar-refractivity contribution in [2.75, 3.05) is 14.2 Å². The first-order valence-corrected chi connectivity index (χ1v) is 7.80. The SMILES string of the molecule is COc1ccc(C(=O)NN=Cc2cc3ccccc3[nH]c2=O)cc1OC. The van der Waals surface area contributed by atoms with Gasteiger partial charge in [-0.3, -0.25) is 9.59 Å². The van der Waals surface area contributed by atoms with E-state index in [2.05, 4.69) is 15.5 Å². The molecule has 3 rings (SSSR count). The van der Waals surface area contributed by atoms with E-state index >= 15 is 0 Å². The summed E-state index contributed by atoms with van der Waals surface area (Å²) in [4.78, 5) is 27.0. The number of pyridine rings is 1. The lowest BCUT2D eigenvalue weighted by molar-refractivity contribution is 0.0954. The average Bonchev–Trinajstić information content (AvgIpc) is 2.67. The first-order valence-electron chi connectivity index (χ1n) is 7.80. The van der Waals surface area contributed by atoms with Crippen molar-refractivity contribution >= 4 is 23.0 Å². The van der Waals surface area contributed by atoms with Gasteiger partial charge < -0.3 is 14.5 Å². The van der Waals surface area contributed by atoms with Gasteiger partial charge in [0.2, 0.25) is 0 Å². The minimum Gasteiger partial charge on any atom is -0.493 e. The Labute approximate surface area is 149 Å². The molecule has 3 aromatic rings. The summed E-state index contributed by atoms with van der Waals surface area (Å²) in [6, 6.07) is 13.9. The van der Waals surface area contributed by atoms with Gasteiger partial charge in [-0.1, -0.05) is 18.2 Å². The Hall–Kier alpha value is -3.61. The molecule has 0 saturated heterocycles. The van der Waals surface area contributed by atoms with Crippen LogP contribution in [0.2, 0.25) is 0 Å². The number of aromatic amines is 1.